The predicted octanol–water partition coefficient (Wildman–Crippen LogP) is 8.36. The number of hydrogen-bond donors (Lipinski definition) is 2. The van der Waals surface area contributed by atoms with Gasteiger partial charge in [0.2, 0.25) is 5.95 Å². The molecular weight excluding hydrogens is 599 g/mol. The first kappa shape index (κ1) is 33.0. The van der Waals surface area contributed by atoms with E-state index in [1.165, 1.54) is 6.20 Å². The molecule has 1 saturated heterocycles. The number of anilines is 4. The van der Waals surface area contributed by atoms with Crippen molar-refractivity contribution in [3.05, 3.63) is 58.7 Å². The Labute approximate surface area is 259 Å². The number of likely N-dealkylation sites (tertiary alicyclic amines) is 1. The topological polar surface area (TPSA) is 79.4 Å². The molecule has 0 saturated carbocycles. The van der Waals surface area contributed by atoms with Gasteiger partial charge in [0, 0.05) is 11.8 Å². The molecule has 7 nitrogen and oxygen atoms in total. The van der Waals surface area contributed by atoms with Crippen molar-refractivity contribution >= 4 is 45.5 Å². The molecule has 0 bridgehead atoms. The lowest BCUT2D eigenvalue weighted by Crippen LogP contribution is -2.35. The van der Waals surface area contributed by atoms with E-state index >= 15 is 0 Å². The van der Waals surface area contributed by atoms with Crippen LogP contribution in [0.2, 0.25) is 5.02 Å². The van der Waals surface area contributed by atoms with Crippen LogP contribution >= 0.6 is 11.6 Å². The lowest BCUT2D eigenvalue weighted by molar-refractivity contribution is -0.138. The van der Waals surface area contributed by atoms with E-state index in [9.17, 15) is 17.4 Å². The molecule has 4 rings (SSSR count). The average molecular weight is 638 g/mol. The Balaban J connectivity index is 1.55. The Morgan fingerprint density at radius 3 is 2.44 bits per heavy atom. The SMILES string of the molecule is Cc1cc(Nc2ncc(Cl)c(Nc3ccccc3S(=O)C(C)C)n2)c(OC(C)C)cc1C1CCN(CCC(F)(F)F)CC1. The fourth-order valence-electron chi connectivity index (χ4n) is 5.11. The minimum absolute atomic E-state index is 0.0406. The molecule has 1 unspecified atom stereocenters. The van der Waals surface area contributed by atoms with Gasteiger partial charge in [-0.1, -0.05) is 37.6 Å². The van der Waals surface area contributed by atoms with Crippen LogP contribution in [-0.2, 0) is 10.8 Å². The van der Waals surface area contributed by atoms with Crippen molar-refractivity contribution in [2.24, 2.45) is 0 Å². The van der Waals surface area contributed by atoms with Gasteiger partial charge in [-0.05, 0) is 88.0 Å². The van der Waals surface area contributed by atoms with Crippen molar-refractivity contribution in [1.29, 1.82) is 0 Å². The Morgan fingerprint density at radius 2 is 1.79 bits per heavy atom. The number of rotatable bonds is 11. The molecule has 1 aliphatic heterocycles. The van der Waals surface area contributed by atoms with Crippen LogP contribution in [0.25, 0.3) is 0 Å². The average Bonchev–Trinajstić information content (AvgIpc) is 2.94. The van der Waals surface area contributed by atoms with E-state index in [4.69, 9.17) is 16.3 Å². The van der Waals surface area contributed by atoms with E-state index in [1.54, 1.807) is 0 Å². The maximum atomic E-state index is 12.9. The molecule has 0 amide bonds. The summed E-state index contributed by atoms with van der Waals surface area (Å²) in [6.45, 7) is 11.0. The number of benzene rings is 2. The van der Waals surface area contributed by atoms with Gasteiger partial charge in [-0.3, -0.25) is 4.21 Å². The van der Waals surface area contributed by atoms with Crippen molar-refractivity contribution in [3.8, 4) is 5.75 Å². The second-order valence-corrected chi connectivity index (χ2v) is 13.7. The Bertz CT molecular complexity index is 1430. The number of ether oxygens (including phenoxy) is 1. The molecule has 0 spiro atoms. The minimum Gasteiger partial charge on any atom is -0.489 e. The third kappa shape index (κ3) is 9.06. The van der Waals surface area contributed by atoms with Crippen molar-refractivity contribution in [1.82, 2.24) is 14.9 Å². The molecule has 3 aromatic rings. The van der Waals surface area contributed by atoms with Gasteiger partial charge in [-0.25, -0.2) is 4.98 Å². The normalized spacial score (nSPS) is 15.6. The Kier molecular flexibility index (Phi) is 10.9. The molecule has 234 valence electrons. The number of nitrogens with zero attached hydrogens (tertiary/aromatic N) is 3. The molecule has 1 aliphatic rings. The van der Waals surface area contributed by atoms with Gasteiger partial charge in [-0.2, -0.15) is 18.2 Å². The van der Waals surface area contributed by atoms with Gasteiger partial charge in [0.15, 0.2) is 5.82 Å². The van der Waals surface area contributed by atoms with Gasteiger partial charge in [0.1, 0.15) is 10.8 Å². The summed E-state index contributed by atoms with van der Waals surface area (Å²) in [6, 6.07) is 11.4. The zero-order valence-electron chi connectivity index (χ0n) is 25.1. The Hall–Kier alpha value is -2.89. The number of aryl methyl sites for hydroxylation is 1. The van der Waals surface area contributed by atoms with Gasteiger partial charge < -0.3 is 20.3 Å². The van der Waals surface area contributed by atoms with E-state index in [0.717, 1.165) is 24.0 Å². The number of halogens is 4. The van der Waals surface area contributed by atoms with Gasteiger partial charge in [-0.15, -0.1) is 0 Å². The number of piperidine rings is 1. The second kappa shape index (κ2) is 14.3. The largest absolute Gasteiger partial charge is 0.489 e. The van der Waals surface area contributed by atoms with Crippen LogP contribution in [0, 0.1) is 6.92 Å². The molecule has 2 N–H and O–H groups in total. The summed E-state index contributed by atoms with van der Waals surface area (Å²) in [5, 5.41) is 6.74. The first-order valence-corrected chi connectivity index (χ1v) is 16.1. The summed E-state index contributed by atoms with van der Waals surface area (Å²) >= 11 is 6.45. The summed E-state index contributed by atoms with van der Waals surface area (Å²) in [5.74, 6) is 1.53. The fourth-order valence-corrected chi connectivity index (χ4v) is 6.30. The van der Waals surface area contributed by atoms with Gasteiger partial charge in [0.25, 0.3) is 0 Å². The van der Waals surface area contributed by atoms with E-state index in [1.807, 2.05) is 75.9 Å². The Morgan fingerprint density at radius 1 is 1.09 bits per heavy atom. The molecule has 1 aromatic heterocycles. The zero-order valence-corrected chi connectivity index (χ0v) is 26.7. The number of aromatic nitrogens is 2. The zero-order chi connectivity index (χ0) is 31.3. The molecule has 0 radical (unpaired) electrons. The van der Waals surface area contributed by atoms with Crippen LogP contribution in [0.15, 0.2) is 47.5 Å². The summed E-state index contributed by atoms with van der Waals surface area (Å²) in [7, 11) is -1.22. The standard InChI is InChI=1S/C31H39ClF3N5O2S/c1-19(2)42-27-17-23(22-10-13-40(14-11-22)15-12-31(33,34)35)21(5)16-26(27)38-30-36-18-24(32)29(39-30)37-25-8-6-7-9-28(25)43(41)20(3)4/h6-9,16-20,22H,10-15H2,1-5H3,(H2,36,37,38,39). The minimum atomic E-state index is -4.14. The first-order chi connectivity index (χ1) is 20.3. The van der Waals surface area contributed by atoms with Crippen LogP contribution in [0.4, 0.5) is 36.3 Å². The highest BCUT2D eigenvalue weighted by Crippen LogP contribution is 2.38. The van der Waals surface area contributed by atoms with E-state index < -0.39 is 23.4 Å². The maximum Gasteiger partial charge on any atom is 0.390 e. The lowest BCUT2D eigenvalue weighted by Gasteiger charge is -2.33. The lowest BCUT2D eigenvalue weighted by atomic mass is 9.86. The highest BCUT2D eigenvalue weighted by Gasteiger charge is 2.30. The number of alkyl halides is 3. The van der Waals surface area contributed by atoms with Crippen molar-refractivity contribution in [2.45, 2.75) is 82.2 Å². The molecule has 12 heteroatoms. The molecule has 2 heterocycles. The molecule has 1 fully saturated rings. The maximum absolute atomic E-state index is 12.9. The van der Waals surface area contributed by atoms with Crippen molar-refractivity contribution in [3.63, 3.8) is 0 Å². The van der Waals surface area contributed by atoms with Crippen LogP contribution in [0.3, 0.4) is 0 Å². The highest BCUT2D eigenvalue weighted by molar-refractivity contribution is 7.85. The van der Waals surface area contributed by atoms with E-state index in [2.05, 4.69) is 20.6 Å². The number of nitrogens with one attached hydrogen (secondary N) is 2. The molecule has 43 heavy (non-hydrogen) atoms. The quantitative estimate of drug-likeness (QED) is 0.219. The molecule has 1 atom stereocenters. The van der Waals surface area contributed by atoms with Gasteiger partial charge >= 0.3 is 6.18 Å². The summed E-state index contributed by atoms with van der Waals surface area (Å²) in [4.78, 5) is 11.5. The summed E-state index contributed by atoms with van der Waals surface area (Å²) in [5.41, 5.74) is 3.51. The predicted molar refractivity (Wildman–Crippen MR) is 168 cm³/mol. The third-order valence-corrected chi connectivity index (χ3v) is 9.17. The second-order valence-electron chi connectivity index (χ2n) is 11.3. The third-order valence-electron chi connectivity index (χ3n) is 7.25. The molecular formula is C31H39ClF3N5O2S. The van der Waals surface area contributed by atoms with E-state index in [0.29, 0.717) is 51.9 Å². The first-order valence-electron chi connectivity index (χ1n) is 14.5. The van der Waals surface area contributed by atoms with Crippen LogP contribution in [0.1, 0.15) is 64.0 Å². The fraction of sp³-hybridized carbons (Fsp3) is 0.484. The highest BCUT2D eigenvalue weighted by atomic mass is 35.5. The van der Waals surface area contributed by atoms with Crippen LogP contribution in [-0.4, -0.2) is 56.2 Å². The molecule has 2 aromatic carbocycles. The number of para-hydroxylation sites is 1. The monoisotopic (exact) mass is 637 g/mol. The summed E-state index contributed by atoms with van der Waals surface area (Å²) in [6.07, 6.45) is -1.95. The van der Waals surface area contributed by atoms with Gasteiger partial charge in [0.05, 0.1) is 45.8 Å². The molecule has 0 aliphatic carbocycles. The smallest absolute Gasteiger partial charge is 0.390 e. The number of hydrogen-bond acceptors (Lipinski definition) is 7. The summed E-state index contributed by atoms with van der Waals surface area (Å²) < 4.78 is 57.1. The van der Waals surface area contributed by atoms with E-state index in [-0.39, 0.29) is 23.8 Å². The van der Waals surface area contributed by atoms with Crippen LogP contribution in [0.5, 0.6) is 5.75 Å². The van der Waals surface area contributed by atoms with Crippen molar-refractivity contribution in [2.75, 3.05) is 30.3 Å². The van der Waals surface area contributed by atoms with Crippen LogP contribution < -0.4 is 15.4 Å². The van der Waals surface area contributed by atoms with Crippen molar-refractivity contribution < 1.29 is 22.1 Å².